The molecule has 0 N–H and O–H groups in total. The Labute approximate surface area is 288 Å². The molecule has 4 aromatic heterocycles. The first-order valence-corrected chi connectivity index (χ1v) is 16.8. The number of aromatic nitrogens is 5. The molecule has 0 fully saturated rings. The van der Waals surface area contributed by atoms with E-state index in [0.717, 1.165) is 61.4 Å². The summed E-state index contributed by atoms with van der Waals surface area (Å²) >= 11 is 0. The van der Waals surface area contributed by atoms with Crippen molar-refractivity contribution in [3.8, 4) is 45.3 Å². The molecule has 234 valence electrons. The molecular weight excluding hydrogens is 611 g/mol. The lowest BCUT2D eigenvalue weighted by atomic mass is 10.0. The van der Waals surface area contributed by atoms with Crippen LogP contribution in [-0.2, 0) is 0 Å². The van der Waals surface area contributed by atoms with Crippen molar-refractivity contribution in [2.24, 2.45) is 0 Å². The minimum absolute atomic E-state index is 0.675. The minimum Gasteiger partial charge on any atom is -0.309 e. The molecule has 5 heteroatoms. The molecule has 6 aromatic carbocycles. The molecule has 4 heterocycles. The summed E-state index contributed by atoms with van der Waals surface area (Å²) in [5.74, 6) is 1.47. The Kier molecular flexibility index (Phi) is 6.42. The summed E-state index contributed by atoms with van der Waals surface area (Å²) in [6, 6.07) is 59.4. The third kappa shape index (κ3) is 4.45. The zero-order chi connectivity index (χ0) is 33.0. The Bertz CT molecular complexity index is 2800. The predicted octanol–water partition coefficient (Wildman–Crippen LogP) is 11.1. The van der Waals surface area contributed by atoms with E-state index in [-0.39, 0.29) is 0 Å². The van der Waals surface area contributed by atoms with Crippen molar-refractivity contribution in [1.29, 1.82) is 0 Å². The van der Waals surface area contributed by atoms with Gasteiger partial charge in [-0.2, -0.15) is 0 Å². The number of nitrogens with zero attached hydrogens (tertiary/aromatic N) is 5. The highest BCUT2D eigenvalue weighted by Crippen LogP contribution is 2.40. The van der Waals surface area contributed by atoms with Gasteiger partial charge >= 0.3 is 0 Å². The third-order valence-corrected chi connectivity index (χ3v) is 9.58. The van der Waals surface area contributed by atoms with Crippen LogP contribution in [0.1, 0.15) is 0 Å². The molecule has 10 aromatic rings. The average molecular weight is 640 g/mol. The summed E-state index contributed by atoms with van der Waals surface area (Å²) < 4.78 is 4.64. The first-order valence-electron chi connectivity index (χ1n) is 16.8. The van der Waals surface area contributed by atoms with Gasteiger partial charge in [-0.05, 0) is 48.0 Å². The zero-order valence-electron chi connectivity index (χ0n) is 27.0. The standard InChI is InChI=1S/C45H29N5/c1-4-14-30(15-5-1)38-29-42(48-45(47-38)31-16-6-2-7-17-31)50-40-24-13-27-46-43(40)37-26-25-32(28-41(37)50)34-21-12-22-36-35-20-10-11-23-39(35)49(44(34)36)33-18-8-3-9-19-33/h1-29H. The van der Waals surface area contributed by atoms with Crippen LogP contribution in [0.2, 0.25) is 0 Å². The largest absolute Gasteiger partial charge is 0.309 e. The van der Waals surface area contributed by atoms with Crippen LogP contribution in [0.5, 0.6) is 0 Å². The average Bonchev–Trinajstić information content (AvgIpc) is 3.71. The lowest BCUT2D eigenvalue weighted by molar-refractivity contribution is 1.05. The molecule has 50 heavy (non-hydrogen) atoms. The van der Waals surface area contributed by atoms with Crippen molar-refractivity contribution in [1.82, 2.24) is 24.1 Å². The first kappa shape index (κ1) is 28.2. The van der Waals surface area contributed by atoms with Gasteiger partial charge < -0.3 is 4.57 Å². The molecule has 0 radical (unpaired) electrons. The Balaban J connectivity index is 1.27. The number of benzene rings is 6. The van der Waals surface area contributed by atoms with Crippen LogP contribution in [0.25, 0.3) is 89.0 Å². The predicted molar refractivity (Wildman–Crippen MR) is 205 cm³/mol. The fourth-order valence-corrected chi connectivity index (χ4v) is 7.36. The maximum Gasteiger partial charge on any atom is 0.162 e. The molecule has 5 nitrogen and oxygen atoms in total. The summed E-state index contributed by atoms with van der Waals surface area (Å²) in [7, 11) is 0. The molecule has 0 saturated carbocycles. The molecule has 0 unspecified atom stereocenters. The normalized spacial score (nSPS) is 11.6. The highest BCUT2D eigenvalue weighted by atomic mass is 15.1. The van der Waals surface area contributed by atoms with Gasteiger partial charge in [0.05, 0.1) is 33.3 Å². The highest BCUT2D eigenvalue weighted by Gasteiger charge is 2.20. The lowest BCUT2D eigenvalue weighted by Crippen LogP contribution is -2.02. The third-order valence-electron chi connectivity index (χ3n) is 9.58. The van der Waals surface area contributed by atoms with Crippen molar-refractivity contribution in [3.05, 3.63) is 176 Å². The van der Waals surface area contributed by atoms with Gasteiger partial charge in [-0.25, -0.2) is 9.97 Å². The van der Waals surface area contributed by atoms with Crippen LogP contribution in [-0.4, -0.2) is 24.1 Å². The van der Waals surface area contributed by atoms with Gasteiger partial charge in [0.15, 0.2) is 5.82 Å². The maximum absolute atomic E-state index is 5.23. The van der Waals surface area contributed by atoms with Gasteiger partial charge in [0.2, 0.25) is 0 Å². The van der Waals surface area contributed by atoms with Crippen molar-refractivity contribution >= 4 is 43.7 Å². The summed E-state index contributed by atoms with van der Waals surface area (Å²) in [5.41, 5.74) is 11.6. The van der Waals surface area contributed by atoms with E-state index in [1.807, 2.05) is 48.7 Å². The zero-order valence-corrected chi connectivity index (χ0v) is 27.0. The smallest absolute Gasteiger partial charge is 0.162 e. The first-order chi connectivity index (χ1) is 24.8. The number of fused-ring (bicyclic) bond motifs is 6. The van der Waals surface area contributed by atoms with Crippen molar-refractivity contribution in [3.63, 3.8) is 0 Å². The topological polar surface area (TPSA) is 48.5 Å². The van der Waals surface area contributed by atoms with E-state index in [2.05, 4.69) is 137 Å². The number of hydrogen-bond acceptors (Lipinski definition) is 3. The van der Waals surface area contributed by atoms with Crippen molar-refractivity contribution in [2.45, 2.75) is 0 Å². The Hall–Kier alpha value is -6.85. The van der Waals surface area contributed by atoms with E-state index in [1.165, 1.54) is 21.8 Å². The Morgan fingerprint density at radius 1 is 0.420 bits per heavy atom. The minimum atomic E-state index is 0.675. The van der Waals surface area contributed by atoms with Crippen molar-refractivity contribution < 1.29 is 0 Å². The van der Waals surface area contributed by atoms with Gasteiger partial charge in [0.25, 0.3) is 0 Å². The second kappa shape index (κ2) is 11.4. The molecule has 0 saturated heterocycles. The van der Waals surface area contributed by atoms with E-state index in [9.17, 15) is 0 Å². The van der Waals surface area contributed by atoms with Gasteiger partial charge in [-0.3, -0.25) is 9.55 Å². The summed E-state index contributed by atoms with van der Waals surface area (Å²) in [4.78, 5) is 15.2. The molecular formula is C45H29N5. The monoisotopic (exact) mass is 639 g/mol. The SMILES string of the molecule is c1ccc(-c2cc(-n3c4cc(-c5cccc6c7ccccc7n(-c7ccccc7)c56)ccc4c4ncccc43)nc(-c3ccccc3)n2)cc1. The van der Waals surface area contributed by atoms with E-state index >= 15 is 0 Å². The quantitative estimate of drug-likeness (QED) is 0.188. The van der Waals surface area contributed by atoms with E-state index in [4.69, 9.17) is 15.0 Å². The fourth-order valence-electron chi connectivity index (χ4n) is 7.36. The van der Waals surface area contributed by atoms with Crippen LogP contribution in [0.3, 0.4) is 0 Å². The van der Waals surface area contributed by atoms with Crippen LogP contribution in [0.15, 0.2) is 176 Å². The second-order valence-corrected chi connectivity index (χ2v) is 12.5. The molecule has 0 aliphatic heterocycles. The molecule has 0 aliphatic rings. The molecule has 0 spiro atoms. The Morgan fingerprint density at radius 2 is 1.12 bits per heavy atom. The molecule has 0 atom stereocenters. The lowest BCUT2D eigenvalue weighted by Gasteiger charge is -2.13. The molecule has 0 amide bonds. The summed E-state index contributed by atoms with van der Waals surface area (Å²) in [6.07, 6.45) is 1.86. The van der Waals surface area contributed by atoms with Crippen molar-refractivity contribution in [2.75, 3.05) is 0 Å². The number of para-hydroxylation sites is 3. The number of hydrogen-bond donors (Lipinski definition) is 0. The van der Waals surface area contributed by atoms with E-state index < -0.39 is 0 Å². The maximum atomic E-state index is 5.23. The van der Waals surface area contributed by atoms with Gasteiger partial charge in [-0.1, -0.05) is 121 Å². The molecule has 0 bridgehead atoms. The van der Waals surface area contributed by atoms with Crippen LogP contribution in [0, 0.1) is 0 Å². The fraction of sp³-hybridized carbons (Fsp3) is 0. The number of pyridine rings is 1. The molecule has 10 rings (SSSR count). The van der Waals surface area contributed by atoms with E-state index in [1.54, 1.807) is 0 Å². The highest BCUT2D eigenvalue weighted by molar-refractivity contribution is 6.15. The Morgan fingerprint density at radius 3 is 1.94 bits per heavy atom. The molecule has 0 aliphatic carbocycles. The van der Waals surface area contributed by atoms with Gasteiger partial charge in [-0.15, -0.1) is 0 Å². The van der Waals surface area contributed by atoms with Gasteiger partial charge in [0.1, 0.15) is 5.82 Å². The van der Waals surface area contributed by atoms with Gasteiger partial charge in [0, 0.05) is 50.8 Å². The van der Waals surface area contributed by atoms with Crippen LogP contribution >= 0.6 is 0 Å². The second-order valence-electron chi connectivity index (χ2n) is 12.5. The van der Waals surface area contributed by atoms with E-state index in [0.29, 0.717) is 5.82 Å². The summed E-state index contributed by atoms with van der Waals surface area (Å²) in [5, 5.41) is 3.52. The van der Waals surface area contributed by atoms with Crippen LogP contribution < -0.4 is 0 Å². The van der Waals surface area contributed by atoms with Crippen LogP contribution in [0.4, 0.5) is 0 Å². The number of rotatable bonds is 5. The summed E-state index contributed by atoms with van der Waals surface area (Å²) in [6.45, 7) is 0.